The molecule has 3 heterocycles. The molecule has 0 amide bonds. The highest BCUT2D eigenvalue weighted by molar-refractivity contribution is 5.75. The predicted molar refractivity (Wildman–Crippen MR) is 90.0 cm³/mol. The minimum absolute atomic E-state index is 0.0487. The first-order valence-corrected chi connectivity index (χ1v) is 8.26. The third-order valence-electron chi connectivity index (χ3n) is 4.42. The summed E-state index contributed by atoms with van der Waals surface area (Å²) >= 11 is 0. The Morgan fingerprint density at radius 2 is 2.37 bits per heavy atom. The molecule has 0 spiro atoms. The number of aromatic nitrogens is 3. The van der Waals surface area contributed by atoms with Gasteiger partial charge in [0.1, 0.15) is 30.1 Å². The van der Waals surface area contributed by atoms with E-state index in [0.717, 1.165) is 0 Å². The van der Waals surface area contributed by atoms with Crippen LogP contribution < -0.4 is 5.49 Å². The van der Waals surface area contributed by atoms with Gasteiger partial charge in [0.2, 0.25) is 5.60 Å². The SMILES string of the molecule is [2H]c1cc([C@]2(C#N)O[C@H](CO)[C@@H](O)[C@H]2OC(=O)C(C)(C)C)n2[nH]cnc(=N)c12. The monoisotopic (exact) mass is 376 g/mol. The number of aliphatic hydroxyl groups excluding tert-OH is 2. The number of H-pyrrole nitrogens is 1. The van der Waals surface area contributed by atoms with Gasteiger partial charge in [0, 0.05) is 0 Å². The lowest BCUT2D eigenvalue weighted by atomic mass is 9.91. The Balaban J connectivity index is 2.22. The number of rotatable bonds is 3. The average molecular weight is 376 g/mol. The van der Waals surface area contributed by atoms with E-state index in [1.807, 2.05) is 6.07 Å². The van der Waals surface area contributed by atoms with Crippen LogP contribution in [0.4, 0.5) is 0 Å². The molecule has 1 fully saturated rings. The van der Waals surface area contributed by atoms with Crippen LogP contribution in [0.2, 0.25) is 0 Å². The summed E-state index contributed by atoms with van der Waals surface area (Å²) in [7, 11) is 0. The number of aliphatic hydroxyl groups is 2. The summed E-state index contributed by atoms with van der Waals surface area (Å²) < 4.78 is 20.5. The minimum atomic E-state index is -2.01. The maximum absolute atomic E-state index is 12.5. The molecule has 1 aliphatic rings. The second-order valence-electron chi connectivity index (χ2n) is 7.35. The Labute approximate surface area is 155 Å². The summed E-state index contributed by atoms with van der Waals surface area (Å²) in [5.41, 5.74) is -3.00. The predicted octanol–water partition coefficient (Wildman–Crippen LogP) is -0.429. The van der Waals surface area contributed by atoms with Crippen LogP contribution in [0.25, 0.3) is 5.52 Å². The van der Waals surface area contributed by atoms with E-state index in [9.17, 15) is 20.3 Å². The van der Waals surface area contributed by atoms with Gasteiger partial charge in [-0.15, -0.1) is 0 Å². The first-order valence-electron chi connectivity index (χ1n) is 8.76. The highest BCUT2D eigenvalue weighted by Gasteiger charge is 2.60. The lowest BCUT2D eigenvalue weighted by Crippen LogP contribution is -2.46. The molecule has 1 saturated heterocycles. The number of nitriles is 1. The van der Waals surface area contributed by atoms with Gasteiger partial charge in [-0.2, -0.15) is 5.26 Å². The van der Waals surface area contributed by atoms with Crippen LogP contribution in [0.1, 0.15) is 27.8 Å². The quantitative estimate of drug-likeness (QED) is 0.529. The Morgan fingerprint density at radius 3 is 2.96 bits per heavy atom. The number of esters is 1. The minimum Gasteiger partial charge on any atom is -0.454 e. The zero-order valence-corrected chi connectivity index (χ0v) is 15.1. The van der Waals surface area contributed by atoms with Gasteiger partial charge < -0.3 is 19.7 Å². The van der Waals surface area contributed by atoms with Crippen LogP contribution in [0, 0.1) is 22.2 Å². The lowest BCUT2D eigenvalue weighted by Gasteiger charge is -2.30. The molecule has 2 aromatic rings. The van der Waals surface area contributed by atoms with Gasteiger partial charge in [0.25, 0.3) is 0 Å². The van der Waals surface area contributed by atoms with Crippen LogP contribution in [0.3, 0.4) is 0 Å². The fourth-order valence-electron chi connectivity index (χ4n) is 2.93. The second kappa shape index (κ2) is 6.45. The zero-order chi connectivity index (χ0) is 20.9. The molecule has 10 heteroatoms. The number of hydrogen-bond donors (Lipinski definition) is 4. The number of aromatic amines is 1. The topological polar surface area (TPSA) is 157 Å². The molecule has 1 aliphatic heterocycles. The van der Waals surface area contributed by atoms with E-state index in [1.165, 1.54) is 16.9 Å². The maximum atomic E-state index is 12.5. The number of carbonyl (C=O) groups excluding carboxylic acids is 1. The summed E-state index contributed by atoms with van der Waals surface area (Å²) in [6.45, 7) is 4.25. The van der Waals surface area contributed by atoms with Crippen molar-refractivity contribution in [1.29, 1.82) is 10.7 Å². The number of ether oxygens (including phenoxy) is 2. The Hall–Kier alpha value is -2.74. The highest BCUT2D eigenvalue weighted by Crippen LogP contribution is 2.42. The van der Waals surface area contributed by atoms with Gasteiger partial charge in [0.05, 0.1) is 19.1 Å². The molecule has 2 aromatic heterocycles. The first-order chi connectivity index (χ1) is 13.1. The van der Waals surface area contributed by atoms with E-state index in [0.29, 0.717) is 0 Å². The molecular formula is C17H21N5O5. The number of nitrogens with zero attached hydrogens (tertiary/aromatic N) is 3. The largest absolute Gasteiger partial charge is 0.454 e. The number of hydrogen-bond acceptors (Lipinski definition) is 8. The lowest BCUT2D eigenvalue weighted by molar-refractivity contribution is -0.169. The standard InChI is InChI=1S/C17H21N5O5/c1-16(2,3)15(25)26-13-12(24)10(6-23)27-17(13,7-18)11-5-4-9-14(19)20-8-21-22(9)11/h4-5,8,10,12-13,23-24H,6H2,1-3H3,(H2,19,20,21)/t10-,12-,13-,17+/m1/s1/i4D. The molecule has 0 aliphatic carbocycles. The van der Waals surface area contributed by atoms with Crippen molar-refractivity contribution in [3.8, 4) is 6.07 Å². The van der Waals surface area contributed by atoms with Gasteiger partial charge in [-0.3, -0.25) is 19.8 Å². The molecule has 144 valence electrons. The number of fused-ring (bicyclic) bond motifs is 1. The van der Waals surface area contributed by atoms with Gasteiger partial charge in [-0.05, 0) is 32.9 Å². The Kier molecular flexibility index (Phi) is 4.22. The molecule has 0 saturated carbocycles. The maximum Gasteiger partial charge on any atom is 0.311 e. The first kappa shape index (κ1) is 17.7. The fourth-order valence-corrected chi connectivity index (χ4v) is 2.93. The van der Waals surface area contributed by atoms with Gasteiger partial charge in [-0.1, -0.05) is 0 Å². The van der Waals surface area contributed by atoms with Crippen LogP contribution >= 0.6 is 0 Å². The molecular weight excluding hydrogens is 354 g/mol. The van der Waals surface area contributed by atoms with E-state index in [4.69, 9.17) is 16.3 Å². The Bertz CT molecular complexity index is 1020. The normalized spacial score (nSPS) is 28.7. The average Bonchev–Trinajstić information content (AvgIpc) is 3.11. The van der Waals surface area contributed by atoms with E-state index >= 15 is 0 Å². The molecule has 0 unspecified atom stereocenters. The zero-order valence-electron chi connectivity index (χ0n) is 16.1. The highest BCUT2D eigenvalue weighted by atomic mass is 16.6. The third-order valence-corrected chi connectivity index (χ3v) is 4.42. The number of carbonyl (C=O) groups is 1. The second-order valence-corrected chi connectivity index (χ2v) is 7.35. The van der Waals surface area contributed by atoms with Crippen molar-refractivity contribution in [2.24, 2.45) is 5.41 Å². The summed E-state index contributed by atoms with van der Waals surface area (Å²) in [5.74, 6) is -0.669. The van der Waals surface area contributed by atoms with E-state index < -0.39 is 41.9 Å². The summed E-state index contributed by atoms with van der Waals surface area (Å²) in [4.78, 5) is 16.2. The van der Waals surface area contributed by atoms with Gasteiger partial charge in [0.15, 0.2) is 11.6 Å². The van der Waals surface area contributed by atoms with Gasteiger partial charge >= 0.3 is 5.97 Å². The van der Waals surface area contributed by atoms with Crippen molar-refractivity contribution < 1.29 is 25.9 Å². The van der Waals surface area contributed by atoms with Crippen molar-refractivity contribution in [2.45, 2.75) is 44.7 Å². The van der Waals surface area contributed by atoms with E-state index in [2.05, 4.69) is 10.1 Å². The van der Waals surface area contributed by atoms with Crippen LogP contribution in [0.15, 0.2) is 18.4 Å². The molecule has 0 aromatic carbocycles. The molecule has 3 rings (SSSR count). The molecule has 10 nitrogen and oxygen atoms in total. The van der Waals surface area contributed by atoms with Crippen molar-refractivity contribution in [1.82, 2.24) is 14.6 Å². The Morgan fingerprint density at radius 1 is 1.67 bits per heavy atom. The summed E-state index contributed by atoms with van der Waals surface area (Å²) in [6, 6.07) is 3.11. The molecule has 4 N–H and O–H groups in total. The van der Waals surface area contributed by atoms with Gasteiger partial charge in [-0.25, -0.2) is 4.98 Å². The molecule has 4 atom stereocenters. The smallest absolute Gasteiger partial charge is 0.311 e. The summed E-state index contributed by atoms with van der Waals surface area (Å²) in [5, 5.41) is 40.8. The van der Waals surface area contributed by atoms with Crippen LogP contribution in [-0.2, 0) is 19.9 Å². The number of nitrogens with one attached hydrogen (secondary N) is 2. The molecule has 0 bridgehead atoms. The van der Waals surface area contributed by atoms with E-state index in [-0.39, 0.29) is 22.7 Å². The third kappa shape index (κ3) is 2.90. The van der Waals surface area contributed by atoms with E-state index in [1.54, 1.807) is 20.8 Å². The summed E-state index contributed by atoms with van der Waals surface area (Å²) in [6.07, 6.45) is -2.92. The van der Waals surface area contributed by atoms with Crippen LogP contribution in [-0.4, -0.2) is 55.7 Å². The van der Waals surface area contributed by atoms with Crippen molar-refractivity contribution in [3.63, 3.8) is 0 Å². The molecule has 27 heavy (non-hydrogen) atoms. The van der Waals surface area contributed by atoms with Crippen molar-refractivity contribution >= 4 is 11.5 Å². The van der Waals surface area contributed by atoms with Crippen LogP contribution in [0.5, 0.6) is 0 Å². The van der Waals surface area contributed by atoms with Crippen molar-refractivity contribution in [3.05, 3.63) is 29.6 Å². The van der Waals surface area contributed by atoms with Crippen molar-refractivity contribution in [2.75, 3.05) is 6.61 Å². The fraction of sp³-hybridized carbons (Fsp3) is 0.529. The molecule has 0 radical (unpaired) electrons.